The topological polar surface area (TPSA) is 91.1 Å². The third-order valence-corrected chi connectivity index (χ3v) is 4.64. The lowest BCUT2D eigenvalue weighted by atomic mass is 10.0. The van der Waals surface area contributed by atoms with Gasteiger partial charge in [0, 0.05) is 5.56 Å². The zero-order valence-corrected chi connectivity index (χ0v) is 14.2. The van der Waals surface area contributed by atoms with Crippen molar-refractivity contribution in [1.82, 2.24) is 5.32 Å². The van der Waals surface area contributed by atoms with Gasteiger partial charge in [0.1, 0.15) is 11.1 Å². The van der Waals surface area contributed by atoms with Gasteiger partial charge in [-0.15, -0.1) is 5.10 Å². The van der Waals surface area contributed by atoms with E-state index in [1.54, 1.807) is 42.5 Å². The molecule has 1 saturated heterocycles. The highest BCUT2D eigenvalue weighted by atomic mass is 32.2. The van der Waals surface area contributed by atoms with Crippen LogP contribution in [-0.2, 0) is 9.59 Å². The summed E-state index contributed by atoms with van der Waals surface area (Å²) in [6.45, 7) is 0. The summed E-state index contributed by atoms with van der Waals surface area (Å²) < 4.78 is 13.9. The molecule has 2 aromatic carbocycles. The van der Waals surface area contributed by atoms with E-state index < -0.39 is 17.1 Å². The molecule has 0 saturated carbocycles. The molecule has 2 N–H and O–H groups in total. The van der Waals surface area contributed by atoms with Crippen LogP contribution in [0.2, 0.25) is 0 Å². The molecule has 0 spiro atoms. The van der Waals surface area contributed by atoms with Gasteiger partial charge in [0.15, 0.2) is 5.17 Å². The number of nitrogens with zero attached hydrogens (tertiary/aromatic N) is 2. The number of amides is 1. The fourth-order valence-corrected chi connectivity index (χ4v) is 3.29. The van der Waals surface area contributed by atoms with E-state index in [2.05, 4.69) is 15.5 Å². The van der Waals surface area contributed by atoms with Crippen molar-refractivity contribution < 1.29 is 19.1 Å². The number of carbonyl (C=O) groups is 2. The van der Waals surface area contributed by atoms with Gasteiger partial charge >= 0.3 is 5.97 Å². The zero-order valence-electron chi connectivity index (χ0n) is 13.4. The van der Waals surface area contributed by atoms with Gasteiger partial charge in [0.2, 0.25) is 5.91 Å². The third kappa shape index (κ3) is 4.34. The minimum absolute atomic E-state index is 0.253. The number of hydrogen-bond donors (Lipinski definition) is 2. The average molecular weight is 371 g/mol. The Bertz CT molecular complexity index is 914. The van der Waals surface area contributed by atoms with Crippen molar-refractivity contribution in [2.75, 3.05) is 0 Å². The number of carboxylic acid groups (broad SMARTS) is 1. The highest BCUT2D eigenvalue weighted by molar-refractivity contribution is 8.15. The molecule has 8 heteroatoms. The Balaban J connectivity index is 1.72. The first kappa shape index (κ1) is 17.8. The summed E-state index contributed by atoms with van der Waals surface area (Å²) in [4.78, 5) is 22.3. The van der Waals surface area contributed by atoms with Crippen molar-refractivity contribution in [2.45, 2.75) is 11.7 Å². The van der Waals surface area contributed by atoms with E-state index in [4.69, 9.17) is 5.11 Å². The van der Waals surface area contributed by atoms with Crippen molar-refractivity contribution in [3.05, 3.63) is 59.9 Å². The molecule has 26 heavy (non-hydrogen) atoms. The molecule has 1 fully saturated rings. The quantitative estimate of drug-likeness (QED) is 0.625. The smallest absolute Gasteiger partial charge is 0.305 e. The summed E-state index contributed by atoms with van der Waals surface area (Å²) in [7, 11) is 0. The molecule has 1 aliphatic rings. The number of thioether (sulfide) groups is 1. The second-order valence-electron chi connectivity index (χ2n) is 5.45. The number of nitrogens with one attached hydrogen (secondary N) is 1. The largest absolute Gasteiger partial charge is 0.481 e. The minimum Gasteiger partial charge on any atom is -0.481 e. The predicted octanol–water partition coefficient (Wildman–Crippen LogP) is 2.89. The highest BCUT2D eigenvalue weighted by Gasteiger charge is 2.32. The first-order valence-corrected chi connectivity index (χ1v) is 8.56. The first-order chi connectivity index (χ1) is 12.5. The van der Waals surface area contributed by atoms with Crippen LogP contribution in [0.1, 0.15) is 12.0 Å². The van der Waals surface area contributed by atoms with Crippen LogP contribution in [0.25, 0.3) is 11.1 Å². The molecule has 6 nitrogen and oxygen atoms in total. The normalized spacial score (nSPS) is 18.4. The number of rotatable bonds is 5. The van der Waals surface area contributed by atoms with Crippen LogP contribution in [0.5, 0.6) is 0 Å². The number of halogens is 1. The van der Waals surface area contributed by atoms with E-state index in [1.165, 1.54) is 12.3 Å². The monoisotopic (exact) mass is 371 g/mol. The fourth-order valence-electron chi connectivity index (χ4n) is 2.37. The second-order valence-corrected chi connectivity index (χ2v) is 6.64. The van der Waals surface area contributed by atoms with Crippen molar-refractivity contribution in [3.8, 4) is 11.1 Å². The van der Waals surface area contributed by atoms with Crippen LogP contribution in [0.4, 0.5) is 4.39 Å². The number of benzene rings is 2. The number of amidine groups is 1. The Morgan fingerprint density at radius 1 is 1.27 bits per heavy atom. The van der Waals surface area contributed by atoms with Gasteiger partial charge in [-0.25, -0.2) is 4.39 Å². The molecule has 1 atom stereocenters. The Morgan fingerprint density at radius 3 is 2.85 bits per heavy atom. The summed E-state index contributed by atoms with van der Waals surface area (Å²) in [6, 6.07) is 13.6. The van der Waals surface area contributed by atoms with Crippen LogP contribution in [-0.4, -0.2) is 33.6 Å². The van der Waals surface area contributed by atoms with E-state index in [0.717, 1.165) is 11.8 Å². The maximum absolute atomic E-state index is 13.9. The van der Waals surface area contributed by atoms with Crippen LogP contribution in [0, 0.1) is 5.82 Å². The van der Waals surface area contributed by atoms with Gasteiger partial charge in [-0.05, 0) is 23.3 Å². The number of carboxylic acids is 1. The first-order valence-electron chi connectivity index (χ1n) is 7.68. The molecular formula is C18H14FN3O3S. The summed E-state index contributed by atoms with van der Waals surface area (Å²) in [5.74, 6) is -1.75. The van der Waals surface area contributed by atoms with Crippen molar-refractivity contribution in [2.24, 2.45) is 10.2 Å². The van der Waals surface area contributed by atoms with Gasteiger partial charge in [0.05, 0.1) is 12.6 Å². The number of carbonyl (C=O) groups excluding carboxylic acids is 1. The third-order valence-electron chi connectivity index (χ3n) is 3.56. The highest BCUT2D eigenvalue weighted by Crippen LogP contribution is 2.24. The lowest BCUT2D eigenvalue weighted by Crippen LogP contribution is -2.26. The molecular weight excluding hydrogens is 357 g/mol. The van der Waals surface area contributed by atoms with E-state index >= 15 is 0 Å². The van der Waals surface area contributed by atoms with Gasteiger partial charge in [-0.2, -0.15) is 5.10 Å². The van der Waals surface area contributed by atoms with E-state index in [1.807, 2.05) is 0 Å². The van der Waals surface area contributed by atoms with Crippen LogP contribution < -0.4 is 5.32 Å². The average Bonchev–Trinajstić information content (AvgIpc) is 2.94. The van der Waals surface area contributed by atoms with E-state index in [9.17, 15) is 14.0 Å². The van der Waals surface area contributed by atoms with Crippen LogP contribution in [0.3, 0.4) is 0 Å². The molecule has 2 aromatic rings. The van der Waals surface area contributed by atoms with Gasteiger partial charge in [-0.1, -0.05) is 48.2 Å². The van der Waals surface area contributed by atoms with Crippen LogP contribution >= 0.6 is 11.8 Å². The predicted molar refractivity (Wildman–Crippen MR) is 98.6 cm³/mol. The second kappa shape index (κ2) is 7.92. The van der Waals surface area contributed by atoms with Crippen molar-refractivity contribution in [3.63, 3.8) is 0 Å². The molecule has 132 valence electrons. The van der Waals surface area contributed by atoms with Crippen molar-refractivity contribution in [1.29, 1.82) is 0 Å². The van der Waals surface area contributed by atoms with Crippen LogP contribution in [0.15, 0.2) is 58.7 Å². The summed E-state index contributed by atoms with van der Waals surface area (Å²) >= 11 is 1.03. The number of hydrogen-bond acceptors (Lipinski definition) is 5. The maximum atomic E-state index is 13.9. The Labute approximate surface area is 152 Å². The van der Waals surface area contributed by atoms with E-state index in [0.29, 0.717) is 16.7 Å². The Hall–Kier alpha value is -3.00. The van der Waals surface area contributed by atoms with Crippen molar-refractivity contribution >= 4 is 35.0 Å². The molecule has 0 bridgehead atoms. The molecule has 1 heterocycles. The molecule has 1 unspecified atom stereocenters. The van der Waals surface area contributed by atoms with Gasteiger partial charge in [0.25, 0.3) is 0 Å². The van der Waals surface area contributed by atoms with Gasteiger partial charge in [-0.3, -0.25) is 9.59 Å². The zero-order chi connectivity index (χ0) is 18.5. The lowest BCUT2D eigenvalue weighted by Gasteiger charge is -2.03. The fraction of sp³-hybridized carbons (Fsp3) is 0.111. The Morgan fingerprint density at radius 2 is 2.08 bits per heavy atom. The maximum Gasteiger partial charge on any atom is 0.305 e. The summed E-state index contributed by atoms with van der Waals surface area (Å²) in [5.41, 5.74) is 1.92. The lowest BCUT2D eigenvalue weighted by molar-refractivity contribution is -0.138. The molecule has 3 rings (SSSR count). The standard InChI is InChI=1S/C18H14FN3O3S/c19-14-7-2-1-6-13(14)12-5-3-4-11(8-12)10-20-22-18-21-17(25)15(26-18)9-16(23)24/h1-8,10,15H,9H2,(H,23,24)(H,21,22,25). The molecule has 0 aromatic heterocycles. The number of aliphatic carboxylic acids is 1. The summed E-state index contributed by atoms with van der Waals surface area (Å²) in [5, 5.41) is 18.6. The van der Waals surface area contributed by atoms with Gasteiger partial charge < -0.3 is 10.4 Å². The summed E-state index contributed by atoms with van der Waals surface area (Å²) in [6.07, 6.45) is 1.21. The minimum atomic E-state index is -1.05. The Kier molecular flexibility index (Phi) is 5.43. The van der Waals surface area contributed by atoms with E-state index in [-0.39, 0.29) is 17.4 Å². The SMILES string of the molecule is O=C(O)CC1SC(=NN=Cc2cccc(-c3ccccc3F)c2)NC1=O. The molecule has 1 amide bonds. The molecule has 1 aliphatic heterocycles. The molecule has 0 aliphatic carbocycles. The molecule has 0 radical (unpaired) electrons.